The van der Waals surface area contributed by atoms with E-state index in [2.05, 4.69) is 15.6 Å². The Morgan fingerprint density at radius 3 is 2.48 bits per heavy atom. The molecule has 0 aliphatic heterocycles. The van der Waals surface area contributed by atoms with Crippen molar-refractivity contribution in [2.75, 3.05) is 25.6 Å². The molecule has 0 radical (unpaired) electrons. The molecule has 1 amide bonds. The van der Waals surface area contributed by atoms with Gasteiger partial charge in [-0.25, -0.2) is 9.37 Å². The Labute approximate surface area is 168 Å². The number of anilines is 1. The predicted molar refractivity (Wildman–Crippen MR) is 109 cm³/mol. The van der Waals surface area contributed by atoms with E-state index < -0.39 is 0 Å². The van der Waals surface area contributed by atoms with Crippen LogP contribution in [0.2, 0.25) is 0 Å². The van der Waals surface area contributed by atoms with Gasteiger partial charge in [0.2, 0.25) is 0 Å². The Hall–Kier alpha value is -3.61. The van der Waals surface area contributed by atoms with Gasteiger partial charge in [0.25, 0.3) is 5.91 Å². The van der Waals surface area contributed by atoms with Gasteiger partial charge in [-0.15, -0.1) is 0 Å². The van der Waals surface area contributed by atoms with Gasteiger partial charge in [-0.2, -0.15) is 0 Å². The van der Waals surface area contributed by atoms with Gasteiger partial charge in [0.05, 0.1) is 19.0 Å². The first kappa shape index (κ1) is 20.1. The summed E-state index contributed by atoms with van der Waals surface area (Å²) in [5, 5.41) is 5.84. The number of nitrogens with zero attached hydrogens (tertiary/aromatic N) is 1. The third-order valence-corrected chi connectivity index (χ3v) is 4.15. The number of amides is 1. The summed E-state index contributed by atoms with van der Waals surface area (Å²) in [6, 6.07) is 17.1. The molecule has 0 saturated heterocycles. The highest BCUT2D eigenvalue weighted by Crippen LogP contribution is 2.17. The summed E-state index contributed by atoms with van der Waals surface area (Å²) in [4.78, 5) is 16.3. The Morgan fingerprint density at radius 1 is 1.03 bits per heavy atom. The third kappa shape index (κ3) is 5.93. The monoisotopic (exact) mass is 395 g/mol. The zero-order valence-corrected chi connectivity index (χ0v) is 16.0. The SMILES string of the molecule is COc1ccc(OCCNc2ccc(C(=O)NCc3ccccc3F)nc2)cc1. The van der Waals surface area contributed by atoms with Crippen molar-refractivity contribution >= 4 is 11.6 Å². The Morgan fingerprint density at radius 2 is 1.79 bits per heavy atom. The van der Waals surface area contributed by atoms with Gasteiger partial charge < -0.3 is 20.1 Å². The number of carbonyl (C=O) groups is 1. The van der Waals surface area contributed by atoms with Gasteiger partial charge in [-0.1, -0.05) is 18.2 Å². The minimum Gasteiger partial charge on any atom is -0.497 e. The molecule has 2 N–H and O–H groups in total. The summed E-state index contributed by atoms with van der Waals surface area (Å²) < 4.78 is 24.3. The molecule has 0 aliphatic carbocycles. The molecule has 0 atom stereocenters. The number of ether oxygens (including phenoxy) is 2. The van der Waals surface area contributed by atoms with Gasteiger partial charge in [0.15, 0.2) is 0 Å². The number of methoxy groups -OCH3 is 1. The molecule has 2 aromatic carbocycles. The van der Waals surface area contributed by atoms with Gasteiger partial charge in [0, 0.05) is 18.7 Å². The quantitative estimate of drug-likeness (QED) is 0.541. The molecular weight excluding hydrogens is 373 g/mol. The van der Waals surface area contributed by atoms with E-state index >= 15 is 0 Å². The van der Waals surface area contributed by atoms with Crippen LogP contribution >= 0.6 is 0 Å². The second kappa shape index (κ2) is 10.1. The molecule has 0 aliphatic rings. The molecule has 0 saturated carbocycles. The second-order valence-electron chi connectivity index (χ2n) is 6.16. The van der Waals surface area contributed by atoms with Crippen molar-refractivity contribution in [3.8, 4) is 11.5 Å². The van der Waals surface area contributed by atoms with Crippen molar-refractivity contribution in [1.29, 1.82) is 0 Å². The highest BCUT2D eigenvalue weighted by atomic mass is 19.1. The van der Waals surface area contributed by atoms with E-state index in [1.807, 2.05) is 24.3 Å². The zero-order chi connectivity index (χ0) is 20.5. The number of aromatic nitrogens is 1. The van der Waals surface area contributed by atoms with E-state index in [4.69, 9.17) is 9.47 Å². The van der Waals surface area contributed by atoms with Gasteiger partial charge in [0.1, 0.15) is 29.6 Å². The predicted octanol–water partition coefficient (Wildman–Crippen LogP) is 3.65. The highest BCUT2D eigenvalue weighted by Gasteiger charge is 2.08. The van der Waals surface area contributed by atoms with E-state index in [1.165, 1.54) is 6.07 Å². The third-order valence-electron chi connectivity index (χ3n) is 4.15. The van der Waals surface area contributed by atoms with E-state index in [1.54, 1.807) is 43.6 Å². The van der Waals surface area contributed by atoms with Gasteiger partial charge >= 0.3 is 0 Å². The van der Waals surface area contributed by atoms with Crippen molar-refractivity contribution < 1.29 is 18.7 Å². The molecule has 0 unspecified atom stereocenters. The summed E-state index contributed by atoms with van der Waals surface area (Å²) in [5.41, 5.74) is 1.46. The lowest BCUT2D eigenvalue weighted by molar-refractivity contribution is 0.0945. The van der Waals surface area contributed by atoms with E-state index in [-0.39, 0.29) is 24.0 Å². The first-order valence-corrected chi connectivity index (χ1v) is 9.14. The van der Waals surface area contributed by atoms with Gasteiger partial charge in [-0.05, 0) is 42.5 Å². The fraction of sp³-hybridized carbons (Fsp3) is 0.182. The maximum atomic E-state index is 13.6. The van der Waals surface area contributed by atoms with Crippen LogP contribution in [0.15, 0.2) is 66.9 Å². The van der Waals surface area contributed by atoms with Crippen LogP contribution < -0.4 is 20.1 Å². The molecule has 1 heterocycles. The molecule has 29 heavy (non-hydrogen) atoms. The smallest absolute Gasteiger partial charge is 0.270 e. The van der Waals surface area contributed by atoms with Crippen LogP contribution in [0.4, 0.5) is 10.1 Å². The van der Waals surface area contributed by atoms with Crippen LogP contribution in [0.25, 0.3) is 0 Å². The number of carbonyl (C=O) groups excluding carboxylic acids is 1. The lowest BCUT2D eigenvalue weighted by atomic mass is 10.2. The fourth-order valence-corrected chi connectivity index (χ4v) is 2.58. The number of pyridine rings is 1. The van der Waals surface area contributed by atoms with Crippen LogP contribution in [0, 0.1) is 5.82 Å². The molecule has 1 aromatic heterocycles. The van der Waals surface area contributed by atoms with Crippen molar-refractivity contribution in [1.82, 2.24) is 10.3 Å². The molecular formula is C22H22FN3O3. The standard InChI is InChI=1S/C22H22FN3O3/c1-28-18-7-9-19(10-8-18)29-13-12-24-17-6-11-21(25-15-17)22(27)26-14-16-4-2-3-5-20(16)23/h2-11,15,24H,12-14H2,1H3,(H,26,27). The van der Waals surface area contributed by atoms with Crippen molar-refractivity contribution in [3.05, 3.63) is 83.9 Å². The molecule has 0 bridgehead atoms. The molecule has 3 rings (SSSR count). The minimum atomic E-state index is -0.359. The topological polar surface area (TPSA) is 72.5 Å². The Bertz CT molecular complexity index is 931. The maximum Gasteiger partial charge on any atom is 0.270 e. The Balaban J connectivity index is 1.42. The van der Waals surface area contributed by atoms with E-state index in [0.717, 1.165) is 17.2 Å². The molecule has 6 nitrogen and oxygen atoms in total. The Kier molecular flexibility index (Phi) is 7.00. The number of rotatable bonds is 9. The van der Waals surface area contributed by atoms with E-state index in [9.17, 15) is 9.18 Å². The molecule has 3 aromatic rings. The number of halogens is 1. The summed E-state index contributed by atoms with van der Waals surface area (Å²) in [5.74, 6) is 0.826. The maximum absolute atomic E-state index is 13.6. The number of hydrogen-bond donors (Lipinski definition) is 2. The van der Waals surface area contributed by atoms with Crippen molar-refractivity contribution in [2.24, 2.45) is 0 Å². The highest BCUT2D eigenvalue weighted by molar-refractivity contribution is 5.92. The molecule has 0 fully saturated rings. The molecule has 150 valence electrons. The van der Waals surface area contributed by atoms with Crippen LogP contribution in [-0.4, -0.2) is 31.2 Å². The summed E-state index contributed by atoms with van der Waals surface area (Å²) in [6.45, 7) is 1.15. The van der Waals surface area contributed by atoms with Crippen LogP contribution in [0.1, 0.15) is 16.1 Å². The lowest BCUT2D eigenvalue weighted by Crippen LogP contribution is -2.24. The van der Waals surface area contributed by atoms with Crippen molar-refractivity contribution in [3.63, 3.8) is 0 Å². The largest absolute Gasteiger partial charge is 0.497 e. The first-order valence-electron chi connectivity index (χ1n) is 9.14. The molecule has 7 heteroatoms. The normalized spacial score (nSPS) is 10.3. The average Bonchev–Trinajstić information content (AvgIpc) is 2.77. The number of nitrogens with one attached hydrogen (secondary N) is 2. The van der Waals surface area contributed by atoms with Crippen LogP contribution in [0.3, 0.4) is 0 Å². The summed E-state index contributed by atoms with van der Waals surface area (Å²) >= 11 is 0. The lowest BCUT2D eigenvalue weighted by Gasteiger charge is -2.10. The fourth-order valence-electron chi connectivity index (χ4n) is 2.58. The number of hydrogen-bond acceptors (Lipinski definition) is 5. The van der Waals surface area contributed by atoms with E-state index in [0.29, 0.717) is 18.7 Å². The van der Waals surface area contributed by atoms with Crippen LogP contribution in [0.5, 0.6) is 11.5 Å². The van der Waals surface area contributed by atoms with Gasteiger partial charge in [-0.3, -0.25) is 4.79 Å². The summed E-state index contributed by atoms with van der Waals surface area (Å²) in [6.07, 6.45) is 1.57. The minimum absolute atomic E-state index is 0.107. The van der Waals surface area contributed by atoms with Crippen molar-refractivity contribution in [2.45, 2.75) is 6.54 Å². The summed E-state index contributed by atoms with van der Waals surface area (Å²) in [7, 11) is 1.62. The number of benzene rings is 2. The second-order valence-corrected chi connectivity index (χ2v) is 6.16. The zero-order valence-electron chi connectivity index (χ0n) is 16.0. The first-order chi connectivity index (χ1) is 14.2. The average molecular weight is 395 g/mol. The van der Waals surface area contributed by atoms with Crippen LogP contribution in [-0.2, 0) is 6.54 Å². The molecule has 0 spiro atoms.